The first-order chi connectivity index (χ1) is 10.1. The summed E-state index contributed by atoms with van der Waals surface area (Å²) in [7, 11) is 0. The number of aromatic nitrogens is 1. The molecule has 2 heterocycles. The summed E-state index contributed by atoms with van der Waals surface area (Å²) in [5.74, 6) is -0.715. The Kier molecular flexibility index (Phi) is 3.63. The molecule has 3 rings (SSSR count). The summed E-state index contributed by atoms with van der Waals surface area (Å²) in [6.07, 6.45) is 3.15. The Morgan fingerprint density at radius 1 is 1.33 bits per heavy atom. The van der Waals surface area contributed by atoms with E-state index in [1.807, 2.05) is 0 Å². The molecule has 1 fully saturated rings. The van der Waals surface area contributed by atoms with Crippen LogP contribution in [0.25, 0.3) is 11.0 Å². The van der Waals surface area contributed by atoms with Gasteiger partial charge in [0, 0.05) is 18.5 Å². The van der Waals surface area contributed by atoms with Crippen molar-refractivity contribution in [3.8, 4) is 0 Å². The van der Waals surface area contributed by atoms with E-state index in [4.69, 9.17) is 4.52 Å². The van der Waals surface area contributed by atoms with Crippen molar-refractivity contribution in [1.82, 2.24) is 9.64 Å². The molecule has 0 saturated carbocycles. The second kappa shape index (κ2) is 5.44. The molecular weight excluding hydrogens is 275 g/mol. The Morgan fingerprint density at radius 2 is 2.10 bits per heavy atom. The van der Waals surface area contributed by atoms with E-state index in [2.05, 4.69) is 5.16 Å². The quantitative estimate of drug-likeness (QED) is 0.803. The molecule has 21 heavy (non-hydrogen) atoms. The Labute approximate surface area is 121 Å². The van der Waals surface area contributed by atoms with Gasteiger partial charge in [0.25, 0.3) is 5.82 Å². The fourth-order valence-corrected chi connectivity index (χ4v) is 3.20. The maximum atomic E-state index is 13.3. The number of nitrogens with zero attached hydrogens (tertiary/aromatic N) is 2. The van der Waals surface area contributed by atoms with Gasteiger partial charge in [-0.15, -0.1) is 0 Å². The molecule has 0 unspecified atom stereocenters. The van der Waals surface area contributed by atoms with Gasteiger partial charge in [0.2, 0.25) is 0 Å². The average Bonchev–Trinajstić information content (AvgIpc) is 2.89. The lowest BCUT2D eigenvalue weighted by molar-refractivity contribution is -0.305. The van der Waals surface area contributed by atoms with Gasteiger partial charge in [-0.2, -0.15) is 0 Å². The number of carboxylic acid groups (broad SMARTS) is 1. The highest BCUT2D eigenvalue weighted by Gasteiger charge is 2.37. The standard InChI is InChI=1S/C15H17FN2O3/c16-11-4-5-12-13(10-11)21-17-15(12)18(9-6-14(19)20)7-2-1-3-8-18/h4-5,10H,1-3,6-9H2. The number of likely N-dealkylation sites (tertiary alicyclic amines) is 1. The second-order valence-corrected chi connectivity index (χ2v) is 5.65. The number of carbonyl (C=O) groups excluding carboxylic acids is 1. The van der Waals surface area contributed by atoms with Gasteiger partial charge < -0.3 is 14.4 Å². The van der Waals surface area contributed by atoms with Crippen LogP contribution >= 0.6 is 0 Å². The first-order valence-corrected chi connectivity index (χ1v) is 7.22. The minimum Gasteiger partial charge on any atom is -0.550 e. The molecule has 0 N–H and O–H groups in total. The third-order valence-corrected chi connectivity index (χ3v) is 4.28. The largest absolute Gasteiger partial charge is 0.550 e. The van der Waals surface area contributed by atoms with E-state index in [0.29, 0.717) is 22.4 Å². The summed E-state index contributed by atoms with van der Waals surface area (Å²) < 4.78 is 19.0. The van der Waals surface area contributed by atoms with Gasteiger partial charge in [0.05, 0.1) is 19.6 Å². The number of hydrogen-bond donors (Lipinski definition) is 0. The van der Waals surface area contributed by atoms with E-state index in [9.17, 15) is 14.3 Å². The molecule has 5 nitrogen and oxygen atoms in total. The highest BCUT2D eigenvalue weighted by molar-refractivity contribution is 5.87. The van der Waals surface area contributed by atoms with Crippen molar-refractivity contribution in [2.45, 2.75) is 25.7 Å². The highest BCUT2D eigenvalue weighted by atomic mass is 19.1. The predicted molar refractivity (Wildman–Crippen MR) is 73.8 cm³/mol. The lowest BCUT2D eigenvalue weighted by Gasteiger charge is -2.39. The minimum atomic E-state index is -1.06. The minimum absolute atomic E-state index is 0.0183. The maximum Gasteiger partial charge on any atom is 0.274 e. The van der Waals surface area contributed by atoms with Gasteiger partial charge in [-0.1, -0.05) is 0 Å². The number of hydrogen-bond acceptors (Lipinski definition) is 4. The monoisotopic (exact) mass is 292 g/mol. The Bertz CT molecular complexity index is 662. The number of aliphatic carboxylic acids is 1. The first-order valence-electron chi connectivity index (χ1n) is 7.22. The first kappa shape index (κ1) is 14.0. The van der Waals surface area contributed by atoms with Gasteiger partial charge in [0.15, 0.2) is 5.58 Å². The van der Waals surface area contributed by atoms with Crippen molar-refractivity contribution in [2.24, 2.45) is 0 Å². The van der Waals surface area contributed by atoms with Crippen LogP contribution in [0, 0.1) is 5.82 Å². The maximum absolute atomic E-state index is 13.3. The molecule has 0 spiro atoms. The van der Waals surface area contributed by atoms with E-state index >= 15 is 0 Å². The van der Waals surface area contributed by atoms with Crippen molar-refractivity contribution < 1.29 is 18.8 Å². The summed E-state index contributed by atoms with van der Waals surface area (Å²) >= 11 is 0. The van der Waals surface area contributed by atoms with E-state index < -0.39 is 5.97 Å². The van der Waals surface area contributed by atoms with Crippen LogP contribution in [-0.4, -0.2) is 30.8 Å². The lowest BCUT2D eigenvalue weighted by atomic mass is 10.1. The average molecular weight is 292 g/mol. The summed E-state index contributed by atoms with van der Waals surface area (Å²) in [5.41, 5.74) is 0.404. The normalized spacial score (nSPS) is 18.0. The van der Waals surface area contributed by atoms with E-state index in [1.54, 1.807) is 6.07 Å². The number of carboxylic acids is 1. The van der Waals surface area contributed by atoms with Gasteiger partial charge >= 0.3 is 0 Å². The van der Waals surface area contributed by atoms with Crippen LogP contribution in [-0.2, 0) is 4.79 Å². The number of rotatable bonds is 4. The number of carbonyl (C=O) groups is 1. The van der Waals surface area contributed by atoms with E-state index in [0.717, 1.165) is 37.7 Å². The summed E-state index contributed by atoms with van der Waals surface area (Å²) in [6.45, 7) is 2.08. The Morgan fingerprint density at radius 3 is 2.81 bits per heavy atom. The van der Waals surface area contributed by atoms with Crippen LogP contribution in [0.3, 0.4) is 0 Å². The molecule has 1 aliphatic rings. The molecule has 6 heteroatoms. The zero-order valence-corrected chi connectivity index (χ0v) is 11.7. The van der Waals surface area contributed by atoms with E-state index in [-0.39, 0.29) is 12.2 Å². The van der Waals surface area contributed by atoms with Crippen molar-refractivity contribution in [3.63, 3.8) is 0 Å². The zero-order chi connectivity index (χ0) is 14.9. The van der Waals surface area contributed by atoms with Crippen LogP contribution in [0.15, 0.2) is 22.7 Å². The van der Waals surface area contributed by atoms with Crippen molar-refractivity contribution >= 4 is 22.8 Å². The number of halogens is 1. The summed E-state index contributed by atoms with van der Waals surface area (Å²) in [4.78, 5) is 10.8. The van der Waals surface area contributed by atoms with Crippen molar-refractivity contribution in [3.05, 3.63) is 24.0 Å². The molecule has 1 saturated heterocycles. The van der Waals surface area contributed by atoms with Crippen LogP contribution in [0.5, 0.6) is 0 Å². The molecular formula is C15H17FN2O3. The second-order valence-electron chi connectivity index (χ2n) is 5.65. The molecule has 112 valence electrons. The molecule has 0 bridgehead atoms. The number of quaternary nitrogens is 1. The lowest BCUT2D eigenvalue weighted by Crippen LogP contribution is -2.54. The topological polar surface area (TPSA) is 66.2 Å². The number of benzene rings is 1. The molecule has 1 aliphatic heterocycles. The zero-order valence-electron chi connectivity index (χ0n) is 11.7. The Hall–Kier alpha value is -1.95. The summed E-state index contributed by atoms with van der Waals surface area (Å²) in [5, 5.41) is 15.7. The van der Waals surface area contributed by atoms with Crippen LogP contribution in [0.4, 0.5) is 10.2 Å². The van der Waals surface area contributed by atoms with Gasteiger partial charge in [0.1, 0.15) is 11.2 Å². The third kappa shape index (κ3) is 2.63. The SMILES string of the molecule is O=C([O-])CC[N+]1(c2noc3cc(F)ccc23)CCCCC1. The molecule has 0 amide bonds. The van der Waals surface area contributed by atoms with Crippen molar-refractivity contribution in [1.29, 1.82) is 0 Å². The van der Waals surface area contributed by atoms with Gasteiger partial charge in [-0.25, -0.2) is 4.39 Å². The van der Waals surface area contributed by atoms with Crippen LogP contribution in [0.1, 0.15) is 25.7 Å². The van der Waals surface area contributed by atoms with E-state index in [1.165, 1.54) is 12.1 Å². The predicted octanol–water partition coefficient (Wildman–Crippen LogP) is 1.60. The Balaban J connectivity index is 2.03. The van der Waals surface area contributed by atoms with Crippen molar-refractivity contribution in [2.75, 3.05) is 19.6 Å². The summed E-state index contributed by atoms with van der Waals surface area (Å²) in [6, 6.07) is 4.34. The highest BCUT2D eigenvalue weighted by Crippen LogP contribution is 2.34. The molecule has 0 atom stereocenters. The fraction of sp³-hybridized carbons (Fsp3) is 0.467. The molecule has 0 aliphatic carbocycles. The molecule has 1 aromatic heterocycles. The van der Waals surface area contributed by atoms with Gasteiger partial charge in [-0.05, 0) is 36.6 Å². The smallest absolute Gasteiger partial charge is 0.274 e. The molecule has 1 aromatic carbocycles. The molecule has 2 aromatic rings. The molecule has 0 radical (unpaired) electrons. The fourth-order valence-electron chi connectivity index (χ4n) is 3.20. The van der Waals surface area contributed by atoms with Crippen LogP contribution in [0.2, 0.25) is 0 Å². The van der Waals surface area contributed by atoms with Gasteiger partial charge in [-0.3, -0.25) is 4.48 Å². The third-order valence-electron chi connectivity index (χ3n) is 4.28. The van der Waals surface area contributed by atoms with Crippen LogP contribution < -0.4 is 9.59 Å². The number of fused-ring (bicyclic) bond motifs is 1. The number of piperidine rings is 1.